The molecule has 0 aliphatic carbocycles. The summed E-state index contributed by atoms with van der Waals surface area (Å²) in [6.07, 6.45) is 6.94. The molecule has 1 amide bonds. The Morgan fingerprint density at radius 2 is 1.95 bits per heavy atom. The van der Waals surface area contributed by atoms with Crippen LogP contribution < -0.4 is 10.2 Å². The lowest BCUT2D eigenvalue weighted by molar-refractivity contribution is 0.102. The molecular formula is C16H18N4O. The third kappa shape index (κ3) is 3.37. The van der Waals surface area contributed by atoms with Gasteiger partial charge in [-0.15, -0.1) is 0 Å². The van der Waals surface area contributed by atoms with Gasteiger partial charge in [-0.25, -0.2) is 4.98 Å². The molecule has 5 heteroatoms. The highest BCUT2D eigenvalue weighted by Crippen LogP contribution is 2.18. The summed E-state index contributed by atoms with van der Waals surface area (Å²) in [6, 6.07) is 9.17. The van der Waals surface area contributed by atoms with Gasteiger partial charge in [0.2, 0.25) is 0 Å². The molecule has 3 heterocycles. The third-order valence-electron chi connectivity index (χ3n) is 3.57. The van der Waals surface area contributed by atoms with Gasteiger partial charge in [0.05, 0.1) is 11.9 Å². The number of hydrogen-bond donors (Lipinski definition) is 1. The van der Waals surface area contributed by atoms with Crippen LogP contribution in [-0.2, 0) is 0 Å². The highest BCUT2D eigenvalue weighted by molar-refractivity contribution is 6.02. The molecule has 108 valence electrons. The Hall–Kier alpha value is -2.43. The van der Waals surface area contributed by atoms with Crippen LogP contribution in [0.4, 0.5) is 11.5 Å². The quantitative estimate of drug-likeness (QED) is 0.940. The summed E-state index contributed by atoms with van der Waals surface area (Å²) in [7, 11) is 0. The van der Waals surface area contributed by atoms with Crippen molar-refractivity contribution in [3.05, 3.63) is 48.4 Å². The van der Waals surface area contributed by atoms with E-state index in [2.05, 4.69) is 20.2 Å². The first-order valence-electron chi connectivity index (χ1n) is 7.26. The second-order valence-electron chi connectivity index (χ2n) is 5.12. The second kappa shape index (κ2) is 6.35. The molecule has 0 atom stereocenters. The van der Waals surface area contributed by atoms with Crippen LogP contribution in [0.15, 0.2) is 42.7 Å². The summed E-state index contributed by atoms with van der Waals surface area (Å²) < 4.78 is 0. The summed E-state index contributed by atoms with van der Waals surface area (Å²) in [4.78, 5) is 22.9. The standard InChI is InChI=1S/C16H18N4O/c21-16(18-13-6-5-9-17-12-13)14-7-4-8-15(19-14)20-10-2-1-3-11-20/h4-9,12H,1-3,10-11H2,(H,18,21). The molecule has 0 aromatic carbocycles. The Morgan fingerprint density at radius 1 is 1.10 bits per heavy atom. The minimum atomic E-state index is -0.207. The van der Waals surface area contributed by atoms with Crippen LogP contribution in [0.25, 0.3) is 0 Å². The average Bonchev–Trinajstić information content (AvgIpc) is 2.57. The van der Waals surface area contributed by atoms with Crippen molar-refractivity contribution in [2.24, 2.45) is 0 Å². The fourth-order valence-electron chi connectivity index (χ4n) is 2.48. The van der Waals surface area contributed by atoms with E-state index >= 15 is 0 Å². The van der Waals surface area contributed by atoms with E-state index in [-0.39, 0.29) is 5.91 Å². The molecule has 0 saturated carbocycles. The number of anilines is 2. The van der Waals surface area contributed by atoms with Gasteiger partial charge in [-0.3, -0.25) is 9.78 Å². The number of pyridine rings is 2. The number of nitrogens with zero attached hydrogens (tertiary/aromatic N) is 3. The smallest absolute Gasteiger partial charge is 0.274 e. The van der Waals surface area contributed by atoms with E-state index in [1.54, 1.807) is 30.6 Å². The van der Waals surface area contributed by atoms with Crippen LogP contribution in [0, 0.1) is 0 Å². The summed E-state index contributed by atoms with van der Waals surface area (Å²) in [5, 5.41) is 2.81. The van der Waals surface area contributed by atoms with Gasteiger partial charge in [0.25, 0.3) is 5.91 Å². The lowest BCUT2D eigenvalue weighted by atomic mass is 10.1. The van der Waals surface area contributed by atoms with E-state index in [1.807, 2.05) is 12.1 Å². The Bertz CT molecular complexity index is 609. The highest BCUT2D eigenvalue weighted by atomic mass is 16.1. The predicted octanol–water partition coefficient (Wildman–Crippen LogP) is 2.72. The molecule has 3 rings (SSSR count). The molecule has 2 aromatic rings. The third-order valence-corrected chi connectivity index (χ3v) is 3.57. The Labute approximate surface area is 124 Å². The fraction of sp³-hybridized carbons (Fsp3) is 0.312. The van der Waals surface area contributed by atoms with Gasteiger partial charge in [0, 0.05) is 19.3 Å². The topological polar surface area (TPSA) is 58.1 Å². The van der Waals surface area contributed by atoms with Gasteiger partial charge in [0.1, 0.15) is 11.5 Å². The first-order chi connectivity index (χ1) is 10.3. The molecular weight excluding hydrogens is 264 g/mol. The number of aromatic nitrogens is 2. The molecule has 21 heavy (non-hydrogen) atoms. The van der Waals surface area contributed by atoms with Crippen LogP contribution in [0.2, 0.25) is 0 Å². The van der Waals surface area contributed by atoms with Crippen LogP contribution in [0.5, 0.6) is 0 Å². The van der Waals surface area contributed by atoms with Crippen LogP contribution in [0.3, 0.4) is 0 Å². The molecule has 0 spiro atoms. The molecule has 1 saturated heterocycles. The van der Waals surface area contributed by atoms with Crippen molar-refractivity contribution >= 4 is 17.4 Å². The molecule has 1 aliphatic rings. The van der Waals surface area contributed by atoms with E-state index in [4.69, 9.17) is 0 Å². The van der Waals surface area contributed by atoms with Gasteiger partial charge in [0.15, 0.2) is 0 Å². The largest absolute Gasteiger partial charge is 0.357 e. The van der Waals surface area contributed by atoms with Gasteiger partial charge in [-0.2, -0.15) is 0 Å². The van der Waals surface area contributed by atoms with Crippen LogP contribution in [0.1, 0.15) is 29.8 Å². The van der Waals surface area contributed by atoms with E-state index < -0.39 is 0 Å². The molecule has 1 fully saturated rings. The predicted molar refractivity (Wildman–Crippen MR) is 82.5 cm³/mol. The monoisotopic (exact) mass is 282 g/mol. The normalized spacial score (nSPS) is 14.8. The lowest BCUT2D eigenvalue weighted by Crippen LogP contribution is -2.30. The van der Waals surface area contributed by atoms with E-state index in [9.17, 15) is 4.79 Å². The molecule has 1 N–H and O–H groups in total. The number of piperidine rings is 1. The molecule has 0 radical (unpaired) electrons. The number of hydrogen-bond acceptors (Lipinski definition) is 4. The first-order valence-corrected chi connectivity index (χ1v) is 7.26. The average molecular weight is 282 g/mol. The Morgan fingerprint density at radius 3 is 2.71 bits per heavy atom. The zero-order valence-electron chi connectivity index (χ0n) is 11.8. The van der Waals surface area contributed by atoms with Crippen molar-refractivity contribution in [1.82, 2.24) is 9.97 Å². The maximum Gasteiger partial charge on any atom is 0.274 e. The van der Waals surface area contributed by atoms with Crippen molar-refractivity contribution in [3.63, 3.8) is 0 Å². The molecule has 5 nitrogen and oxygen atoms in total. The van der Waals surface area contributed by atoms with Crippen molar-refractivity contribution in [2.75, 3.05) is 23.3 Å². The van der Waals surface area contributed by atoms with Gasteiger partial charge < -0.3 is 10.2 Å². The zero-order valence-corrected chi connectivity index (χ0v) is 11.8. The number of nitrogens with one attached hydrogen (secondary N) is 1. The van der Waals surface area contributed by atoms with Crippen molar-refractivity contribution < 1.29 is 4.79 Å². The first kappa shape index (κ1) is 13.5. The number of carbonyl (C=O) groups excluding carboxylic acids is 1. The number of rotatable bonds is 3. The summed E-state index contributed by atoms with van der Waals surface area (Å²) in [6.45, 7) is 2.03. The Balaban J connectivity index is 1.74. The van der Waals surface area contributed by atoms with E-state index in [0.717, 1.165) is 18.9 Å². The molecule has 2 aromatic heterocycles. The summed E-state index contributed by atoms with van der Waals surface area (Å²) in [5.41, 5.74) is 1.11. The highest BCUT2D eigenvalue weighted by Gasteiger charge is 2.14. The lowest BCUT2D eigenvalue weighted by Gasteiger charge is -2.27. The molecule has 0 unspecified atom stereocenters. The molecule has 1 aliphatic heterocycles. The summed E-state index contributed by atoms with van der Waals surface area (Å²) in [5.74, 6) is 0.676. The van der Waals surface area contributed by atoms with Crippen molar-refractivity contribution in [3.8, 4) is 0 Å². The Kier molecular flexibility index (Phi) is 4.09. The second-order valence-corrected chi connectivity index (χ2v) is 5.12. The summed E-state index contributed by atoms with van der Waals surface area (Å²) >= 11 is 0. The van der Waals surface area contributed by atoms with Crippen LogP contribution >= 0.6 is 0 Å². The maximum absolute atomic E-state index is 12.2. The van der Waals surface area contributed by atoms with Crippen molar-refractivity contribution in [2.45, 2.75) is 19.3 Å². The van der Waals surface area contributed by atoms with E-state index in [0.29, 0.717) is 11.4 Å². The minimum absolute atomic E-state index is 0.207. The fourth-order valence-corrected chi connectivity index (χ4v) is 2.48. The minimum Gasteiger partial charge on any atom is -0.357 e. The van der Waals surface area contributed by atoms with Gasteiger partial charge in [-0.1, -0.05) is 6.07 Å². The van der Waals surface area contributed by atoms with Crippen molar-refractivity contribution in [1.29, 1.82) is 0 Å². The van der Waals surface area contributed by atoms with Crippen LogP contribution in [-0.4, -0.2) is 29.0 Å². The SMILES string of the molecule is O=C(Nc1cccnc1)c1cccc(N2CCCCC2)n1. The van der Waals surface area contributed by atoms with Gasteiger partial charge in [-0.05, 0) is 43.5 Å². The molecule has 0 bridgehead atoms. The van der Waals surface area contributed by atoms with Gasteiger partial charge >= 0.3 is 0 Å². The number of amides is 1. The van der Waals surface area contributed by atoms with E-state index in [1.165, 1.54) is 19.3 Å². The number of carbonyl (C=O) groups is 1. The maximum atomic E-state index is 12.2. The zero-order chi connectivity index (χ0) is 14.5.